The minimum Gasteiger partial charge on any atom is -0.457 e. The first-order valence-electron chi connectivity index (χ1n) is 7.29. The summed E-state index contributed by atoms with van der Waals surface area (Å²) in [6.07, 6.45) is 2.33. The molecule has 0 radical (unpaired) electrons. The Balaban J connectivity index is 2.03. The Morgan fingerprint density at radius 3 is 2.15 bits per heavy atom. The van der Waals surface area contributed by atoms with Crippen molar-refractivity contribution in [2.75, 3.05) is 0 Å². The zero-order valence-electron chi connectivity index (χ0n) is 12.3. The lowest BCUT2D eigenvalue weighted by Crippen LogP contribution is -2.18. The van der Waals surface area contributed by atoms with Gasteiger partial charge in [0.05, 0.1) is 0 Å². The van der Waals surface area contributed by atoms with E-state index >= 15 is 0 Å². The van der Waals surface area contributed by atoms with E-state index in [1.807, 2.05) is 42.5 Å². The Morgan fingerprint density at radius 1 is 0.950 bits per heavy atom. The molecular weight excluding hydrogens is 246 g/mol. The molecule has 0 saturated carbocycles. The number of hydrogen-bond acceptors (Lipinski definition) is 2. The van der Waals surface area contributed by atoms with Crippen LogP contribution in [0.5, 0.6) is 11.5 Å². The minimum absolute atomic E-state index is 0.0979. The van der Waals surface area contributed by atoms with Crippen LogP contribution in [0.4, 0.5) is 0 Å². The highest BCUT2D eigenvalue weighted by Crippen LogP contribution is 2.26. The molecule has 2 atom stereocenters. The third-order valence-electron chi connectivity index (χ3n) is 3.60. The average molecular weight is 269 g/mol. The Morgan fingerprint density at radius 2 is 1.55 bits per heavy atom. The number of ether oxygens (including phenoxy) is 1. The van der Waals surface area contributed by atoms with Gasteiger partial charge in [-0.25, -0.2) is 0 Å². The highest BCUT2D eigenvalue weighted by molar-refractivity contribution is 5.33. The van der Waals surface area contributed by atoms with Gasteiger partial charge in [0.1, 0.15) is 11.5 Å². The van der Waals surface area contributed by atoms with Crippen molar-refractivity contribution in [1.82, 2.24) is 0 Å². The maximum absolute atomic E-state index is 6.29. The molecule has 20 heavy (non-hydrogen) atoms. The van der Waals surface area contributed by atoms with Crippen LogP contribution in [0.1, 0.15) is 38.3 Å². The number of benzene rings is 2. The van der Waals surface area contributed by atoms with Crippen LogP contribution in [-0.2, 0) is 0 Å². The van der Waals surface area contributed by atoms with Gasteiger partial charge in [-0.2, -0.15) is 0 Å². The lowest BCUT2D eigenvalue weighted by Gasteiger charge is -2.20. The fourth-order valence-electron chi connectivity index (χ4n) is 2.35. The summed E-state index contributed by atoms with van der Waals surface area (Å²) in [5.74, 6) is 2.19. The molecular formula is C18H23NO. The van der Waals surface area contributed by atoms with Gasteiger partial charge in [0.25, 0.3) is 0 Å². The van der Waals surface area contributed by atoms with Crippen LogP contribution in [0.15, 0.2) is 54.6 Å². The minimum atomic E-state index is 0.0979. The van der Waals surface area contributed by atoms with Gasteiger partial charge < -0.3 is 10.5 Å². The third-order valence-corrected chi connectivity index (χ3v) is 3.60. The van der Waals surface area contributed by atoms with Crippen LogP contribution < -0.4 is 10.5 Å². The summed E-state index contributed by atoms with van der Waals surface area (Å²) in [7, 11) is 0. The van der Waals surface area contributed by atoms with Crippen molar-refractivity contribution in [2.45, 2.75) is 32.7 Å². The van der Waals surface area contributed by atoms with Crippen LogP contribution in [0.25, 0.3) is 0 Å². The fraction of sp³-hybridized carbons (Fsp3) is 0.333. The van der Waals surface area contributed by atoms with Crippen molar-refractivity contribution in [2.24, 2.45) is 11.7 Å². The molecule has 0 fully saturated rings. The average Bonchev–Trinajstić information content (AvgIpc) is 2.48. The van der Waals surface area contributed by atoms with Gasteiger partial charge in [0.15, 0.2) is 0 Å². The Labute approximate surface area is 121 Å². The van der Waals surface area contributed by atoms with Gasteiger partial charge in [0.2, 0.25) is 0 Å². The van der Waals surface area contributed by atoms with Crippen LogP contribution in [-0.4, -0.2) is 0 Å². The predicted octanol–water partition coefficient (Wildman–Crippen LogP) is 4.91. The van der Waals surface area contributed by atoms with E-state index in [9.17, 15) is 0 Å². The summed E-state index contributed by atoms with van der Waals surface area (Å²) >= 11 is 0. The highest BCUT2D eigenvalue weighted by atomic mass is 16.5. The largest absolute Gasteiger partial charge is 0.457 e. The van der Waals surface area contributed by atoms with E-state index in [0.717, 1.165) is 17.9 Å². The molecule has 2 aromatic carbocycles. The molecule has 0 aliphatic carbocycles. The van der Waals surface area contributed by atoms with E-state index in [4.69, 9.17) is 10.5 Å². The molecule has 0 bridgehead atoms. The molecule has 2 rings (SSSR count). The standard InChI is InChI=1S/C18H23NO/c1-3-7-14(2)18(19)15-10-12-17(13-11-15)20-16-8-5-4-6-9-16/h4-6,8-14,18H,3,7,19H2,1-2H3. The smallest absolute Gasteiger partial charge is 0.127 e. The molecule has 0 aromatic heterocycles. The molecule has 0 amide bonds. The molecule has 2 unspecified atom stereocenters. The van der Waals surface area contributed by atoms with Crippen LogP contribution in [0.2, 0.25) is 0 Å². The summed E-state index contributed by atoms with van der Waals surface area (Å²) in [5.41, 5.74) is 7.46. The normalized spacial score (nSPS) is 13.8. The third kappa shape index (κ3) is 3.84. The van der Waals surface area contributed by atoms with Crippen molar-refractivity contribution in [3.05, 3.63) is 60.2 Å². The van der Waals surface area contributed by atoms with Gasteiger partial charge in [-0.3, -0.25) is 0 Å². The lowest BCUT2D eigenvalue weighted by atomic mass is 9.92. The maximum Gasteiger partial charge on any atom is 0.127 e. The van der Waals surface area contributed by atoms with Crippen LogP contribution in [0.3, 0.4) is 0 Å². The lowest BCUT2D eigenvalue weighted by molar-refractivity contribution is 0.432. The van der Waals surface area contributed by atoms with E-state index in [1.54, 1.807) is 0 Å². The number of hydrogen-bond donors (Lipinski definition) is 1. The molecule has 2 heteroatoms. The Kier molecular flexibility index (Phi) is 5.19. The van der Waals surface area contributed by atoms with Crippen molar-refractivity contribution < 1.29 is 4.74 Å². The van der Waals surface area contributed by atoms with E-state index in [-0.39, 0.29) is 6.04 Å². The van der Waals surface area contributed by atoms with E-state index < -0.39 is 0 Å². The molecule has 2 aromatic rings. The first kappa shape index (κ1) is 14.6. The predicted molar refractivity (Wildman–Crippen MR) is 84.0 cm³/mol. The Hall–Kier alpha value is -1.80. The molecule has 2 N–H and O–H groups in total. The molecule has 0 heterocycles. The number of rotatable bonds is 6. The van der Waals surface area contributed by atoms with Crippen molar-refractivity contribution in [1.29, 1.82) is 0 Å². The summed E-state index contributed by atoms with van der Waals surface area (Å²) < 4.78 is 5.78. The maximum atomic E-state index is 6.29. The summed E-state index contributed by atoms with van der Waals surface area (Å²) in [6.45, 7) is 4.41. The Bertz CT molecular complexity index is 507. The van der Waals surface area contributed by atoms with Gasteiger partial charge >= 0.3 is 0 Å². The van der Waals surface area contributed by atoms with Crippen molar-refractivity contribution in [3.8, 4) is 11.5 Å². The van der Waals surface area contributed by atoms with E-state index in [1.165, 1.54) is 12.0 Å². The summed E-state index contributed by atoms with van der Waals surface area (Å²) in [6, 6.07) is 18.0. The second-order valence-corrected chi connectivity index (χ2v) is 5.28. The highest BCUT2D eigenvalue weighted by Gasteiger charge is 2.13. The molecule has 2 nitrogen and oxygen atoms in total. The first-order chi connectivity index (χ1) is 9.70. The zero-order chi connectivity index (χ0) is 14.4. The SMILES string of the molecule is CCCC(C)C(N)c1ccc(Oc2ccccc2)cc1. The van der Waals surface area contributed by atoms with Crippen LogP contribution in [0, 0.1) is 5.92 Å². The van der Waals surface area contributed by atoms with E-state index in [0.29, 0.717) is 5.92 Å². The molecule has 0 aliphatic heterocycles. The van der Waals surface area contributed by atoms with Gasteiger partial charge in [-0.15, -0.1) is 0 Å². The fourth-order valence-corrected chi connectivity index (χ4v) is 2.35. The summed E-state index contributed by atoms with van der Waals surface area (Å²) in [4.78, 5) is 0. The monoisotopic (exact) mass is 269 g/mol. The van der Waals surface area contributed by atoms with Crippen molar-refractivity contribution >= 4 is 0 Å². The quantitative estimate of drug-likeness (QED) is 0.808. The number of nitrogens with two attached hydrogens (primary N) is 1. The second-order valence-electron chi connectivity index (χ2n) is 5.28. The molecule has 0 spiro atoms. The van der Waals surface area contributed by atoms with Gasteiger partial charge in [-0.1, -0.05) is 50.6 Å². The van der Waals surface area contributed by atoms with Crippen molar-refractivity contribution in [3.63, 3.8) is 0 Å². The number of para-hydroxylation sites is 1. The molecule has 106 valence electrons. The van der Waals surface area contributed by atoms with Gasteiger partial charge in [-0.05, 0) is 42.2 Å². The van der Waals surface area contributed by atoms with E-state index in [2.05, 4.69) is 26.0 Å². The van der Waals surface area contributed by atoms with Gasteiger partial charge in [0, 0.05) is 6.04 Å². The topological polar surface area (TPSA) is 35.2 Å². The second kappa shape index (κ2) is 7.11. The first-order valence-corrected chi connectivity index (χ1v) is 7.29. The molecule has 0 aliphatic rings. The van der Waals surface area contributed by atoms with Crippen LogP contribution >= 0.6 is 0 Å². The summed E-state index contributed by atoms with van der Waals surface area (Å²) in [5, 5.41) is 0. The molecule has 0 saturated heterocycles. The zero-order valence-corrected chi connectivity index (χ0v) is 12.3.